The molecule has 0 fully saturated rings. The van der Waals surface area contributed by atoms with Gasteiger partial charge in [0.05, 0.1) is 12.7 Å². The van der Waals surface area contributed by atoms with Crippen LogP contribution in [0.25, 0.3) is 22.3 Å². The highest BCUT2D eigenvalue weighted by Crippen LogP contribution is 2.37. The van der Waals surface area contributed by atoms with Crippen LogP contribution in [0.1, 0.15) is 62.2 Å². The Balaban J connectivity index is 1.81. The van der Waals surface area contributed by atoms with E-state index in [9.17, 15) is 9.90 Å². The Morgan fingerprint density at radius 2 is 1.82 bits per heavy atom. The lowest BCUT2D eigenvalue weighted by Crippen LogP contribution is -2.01. The zero-order chi connectivity index (χ0) is 19.9. The Hall–Kier alpha value is -2.75. The third-order valence-electron chi connectivity index (χ3n) is 5.07. The first-order chi connectivity index (χ1) is 13.6. The van der Waals surface area contributed by atoms with Gasteiger partial charge in [0, 0.05) is 17.4 Å². The maximum atomic E-state index is 12.8. The number of aromatic hydroxyl groups is 1. The van der Waals surface area contributed by atoms with Gasteiger partial charge in [0.15, 0.2) is 5.78 Å². The van der Waals surface area contributed by atoms with Crippen LogP contribution in [0, 0.1) is 0 Å². The Kier molecular flexibility index (Phi) is 6.75. The van der Waals surface area contributed by atoms with Crippen LogP contribution in [-0.4, -0.2) is 18.0 Å². The zero-order valence-electron chi connectivity index (χ0n) is 16.7. The summed E-state index contributed by atoms with van der Waals surface area (Å²) in [6.07, 6.45) is 7.27. The van der Waals surface area contributed by atoms with E-state index in [1.165, 1.54) is 25.7 Å². The summed E-state index contributed by atoms with van der Waals surface area (Å²) in [6, 6.07) is 12.4. The van der Waals surface area contributed by atoms with Crippen molar-refractivity contribution in [1.29, 1.82) is 0 Å². The van der Waals surface area contributed by atoms with E-state index < -0.39 is 0 Å². The third-order valence-corrected chi connectivity index (χ3v) is 5.07. The summed E-state index contributed by atoms with van der Waals surface area (Å²) in [5.41, 5.74) is 1.67. The van der Waals surface area contributed by atoms with Crippen LogP contribution in [0.3, 0.4) is 0 Å². The molecule has 148 valence electrons. The molecule has 0 saturated carbocycles. The molecule has 1 aromatic heterocycles. The van der Waals surface area contributed by atoms with Crippen molar-refractivity contribution in [2.24, 2.45) is 0 Å². The molecule has 4 nitrogen and oxygen atoms in total. The topological polar surface area (TPSA) is 59.7 Å². The van der Waals surface area contributed by atoms with Gasteiger partial charge in [0.2, 0.25) is 0 Å². The van der Waals surface area contributed by atoms with Crippen LogP contribution >= 0.6 is 0 Å². The number of phenols is 1. The SMILES string of the molecule is CCCCCCCCC(=O)c1cccc(O)c1-c1cc2cc(OC)ccc2o1. The number of ketones is 1. The molecule has 0 aliphatic rings. The number of unbranched alkanes of at least 4 members (excludes halogenated alkanes) is 5. The second-order valence-electron chi connectivity index (χ2n) is 7.16. The van der Waals surface area contributed by atoms with Gasteiger partial charge in [0.25, 0.3) is 0 Å². The molecule has 2 aromatic carbocycles. The number of fused-ring (bicyclic) bond motifs is 1. The van der Waals surface area contributed by atoms with E-state index in [2.05, 4.69) is 6.92 Å². The Labute approximate surface area is 166 Å². The minimum absolute atomic E-state index is 0.0411. The minimum atomic E-state index is 0.0411. The number of carbonyl (C=O) groups excluding carboxylic acids is 1. The number of methoxy groups -OCH3 is 1. The van der Waals surface area contributed by atoms with Crippen molar-refractivity contribution in [2.75, 3.05) is 7.11 Å². The number of carbonyl (C=O) groups is 1. The predicted octanol–water partition coefficient (Wildman–Crippen LogP) is 6.75. The van der Waals surface area contributed by atoms with E-state index in [1.54, 1.807) is 25.3 Å². The molecular weight excluding hydrogens is 352 g/mol. The first kappa shape index (κ1) is 20.0. The molecule has 0 saturated heterocycles. The summed E-state index contributed by atoms with van der Waals surface area (Å²) in [4.78, 5) is 12.8. The number of phenolic OH excluding ortho intramolecular Hbond substituents is 1. The molecule has 0 aliphatic heterocycles. The van der Waals surface area contributed by atoms with Crippen molar-refractivity contribution in [2.45, 2.75) is 51.9 Å². The quantitative estimate of drug-likeness (QED) is 0.312. The van der Waals surface area contributed by atoms with Crippen molar-refractivity contribution in [1.82, 2.24) is 0 Å². The fourth-order valence-corrected chi connectivity index (χ4v) is 3.50. The van der Waals surface area contributed by atoms with Crippen LogP contribution in [-0.2, 0) is 0 Å². The van der Waals surface area contributed by atoms with Gasteiger partial charge >= 0.3 is 0 Å². The number of Topliss-reactive ketones (excluding diaryl/α,β-unsaturated/α-hetero) is 1. The summed E-state index contributed by atoms with van der Waals surface area (Å²) in [5.74, 6) is 1.32. The van der Waals surface area contributed by atoms with Gasteiger partial charge in [-0.25, -0.2) is 0 Å². The second-order valence-corrected chi connectivity index (χ2v) is 7.16. The molecule has 0 atom stereocenters. The highest BCUT2D eigenvalue weighted by molar-refractivity contribution is 6.03. The Morgan fingerprint density at radius 3 is 2.61 bits per heavy atom. The monoisotopic (exact) mass is 380 g/mol. The number of ether oxygens (including phenoxy) is 1. The summed E-state index contributed by atoms with van der Waals surface area (Å²) < 4.78 is 11.2. The number of benzene rings is 2. The molecule has 0 aliphatic carbocycles. The van der Waals surface area contributed by atoms with Crippen LogP contribution in [0.5, 0.6) is 11.5 Å². The molecule has 0 radical (unpaired) electrons. The molecule has 0 amide bonds. The Morgan fingerprint density at radius 1 is 1.04 bits per heavy atom. The van der Waals surface area contributed by atoms with Crippen molar-refractivity contribution < 1.29 is 19.1 Å². The zero-order valence-corrected chi connectivity index (χ0v) is 16.7. The van der Waals surface area contributed by atoms with Crippen molar-refractivity contribution in [3.8, 4) is 22.8 Å². The van der Waals surface area contributed by atoms with Gasteiger partial charge in [-0.15, -0.1) is 0 Å². The third kappa shape index (κ3) is 4.56. The number of rotatable bonds is 10. The van der Waals surface area contributed by atoms with E-state index >= 15 is 0 Å². The summed E-state index contributed by atoms with van der Waals surface area (Å²) in [6.45, 7) is 2.20. The maximum absolute atomic E-state index is 12.8. The van der Waals surface area contributed by atoms with Gasteiger partial charge in [-0.05, 0) is 36.8 Å². The summed E-state index contributed by atoms with van der Waals surface area (Å²) >= 11 is 0. The van der Waals surface area contributed by atoms with Crippen molar-refractivity contribution in [3.63, 3.8) is 0 Å². The lowest BCUT2D eigenvalue weighted by Gasteiger charge is -2.09. The molecule has 0 unspecified atom stereocenters. The van der Waals surface area contributed by atoms with Gasteiger partial charge < -0.3 is 14.3 Å². The molecule has 0 spiro atoms. The maximum Gasteiger partial charge on any atom is 0.163 e. The fourth-order valence-electron chi connectivity index (χ4n) is 3.50. The average Bonchev–Trinajstić information content (AvgIpc) is 3.12. The van der Waals surface area contributed by atoms with E-state index in [1.807, 2.05) is 24.3 Å². The fraction of sp³-hybridized carbons (Fsp3) is 0.375. The molecule has 28 heavy (non-hydrogen) atoms. The highest BCUT2D eigenvalue weighted by Gasteiger charge is 2.19. The first-order valence-electron chi connectivity index (χ1n) is 10.1. The minimum Gasteiger partial charge on any atom is -0.507 e. The normalized spacial score (nSPS) is 11.1. The standard InChI is InChI=1S/C24H28O4/c1-3-4-5-6-7-8-11-20(25)19-10-9-12-21(26)24(19)23-16-17-15-18(27-2)13-14-22(17)28-23/h9-10,12-16,26H,3-8,11H2,1-2H3. The van der Waals surface area contributed by atoms with Gasteiger partial charge in [-0.3, -0.25) is 4.79 Å². The lowest BCUT2D eigenvalue weighted by molar-refractivity contribution is 0.0979. The predicted molar refractivity (Wildman–Crippen MR) is 112 cm³/mol. The second kappa shape index (κ2) is 9.45. The van der Waals surface area contributed by atoms with E-state index in [4.69, 9.17) is 9.15 Å². The summed E-state index contributed by atoms with van der Waals surface area (Å²) in [7, 11) is 1.62. The highest BCUT2D eigenvalue weighted by atomic mass is 16.5. The molecule has 3 aromatic rings. The van der Waals surface area contributed by atoms with Crippen molar-refractivity contribution in [3.05, 3.63) is 48.0 Å². The molecule has 4 heteroatoms. The smallest absolute Gasteiger partial charge is 0.163 e. The molecule has 3 rings (SSSR count). The lowest BCUT2D eigenvalue weighted by atomic mass is 9.97. The average molecular weight is 380 g/mol. The van der Waals surface area contributed by atoms with E-state index in [0.717, 1.165) is 24.0 Å². The number of hydrogen-bond donors (Lipinski definition) is 1. The largest absolute Gasteiger partial charge is 0.507 e. The van der Waals surface area contributed by atoms with Gasteiger partial charge in [-0.2, -0.15) is 0 Å². The first-order valence-corrected chi connectivity index (χ1v) is 10.1. The molecule has 0 bridgehead atoms. The molecule has 1 heterocycles. The number of hydrogen-bond acceptors (Lipinski definition) is 4. The number of furan rings is 1. The van der Waals surface area contributed by atoms with Gasteiger partial charge in [-0.1, -0.05) is 51.2 Å². The van der Waals surface area contributed by atoms with Gasteiger partial charge in [0.1, 0.15) is 22.8 Å². The van der Waals surface area contributed by atoms with Crippen LogP contribution < -0.4 is 4.74 Å². The van der Waals surface area contributed by atoms with Crippen LogP contribution in [0.15, 0.2) is 46.9 Å². The summed E-state index contributed by atoms with van der Waals surface area (Å²) in [5, 5.41) is 11.3. The van der Waals surface area contributed by atoms with Crippen LogP contribution in [0.4, 0.5) is 0 Å². The van der Waals surface area contributed by atoms with E-state index in [0.29, 0.717) is 28.9 Å². The van der Waals surface area contributed by atoms with Crippen molar-refractivity contribution >= 4 is 16.8 Å². The van der Waals surface area contributed by atoms with Crippen LogP contribution in [0.2, 0.25) is 0 Å². The molecular formula is C24H28O4. The Bertz CT molecular complexity index is 939. The molecule has 1 N–H and O–H groups in total. The van der Waals surface area contributed by atoms with E-state index in [-0.39, 0.29) is 11.5 Å².